The third-order valence-corrected chi connectivity index (χ3v) is 4.15. The molecule has 1 aromatic heterocycles. The molecule has 1 saturated carbocycles. The molecule has 0 unspecified atom stereocenters. The molecule has 1 aliphatic heterocycles. The molecule has 2 heterocycles. The highest BCUT2D eigenvalue weighted by atomic mass is 16.3. The average molecular weight is 291 g/mol. The lowest BCUT2D eigenvalue weighted by Gasteiger charge is -2.39. The van der Waals surface area contributed by atoms with E-state index in [1.165, 1.54) is 19.1 Å². The predicted octanol–water partition coefficient (Wildman–Crippen LogP) is 1.55. The number of furan rings is 1. The van der Waals surface area contributed by atoms with E-state index in [2.05, 4.69) is 5.32 Å². The number of nitrogens with one attached hydrogen (secondary N) is 1. The van der Waals surface area contributed by atoms with Gasteiger partial charge >= 0.3 is 6.03 Å². The lowest BCUT2D eigenvalue weighted by atomic mass is 10.2. The third-order valence-electron chi connectivity index (χ3n) is 4.15. The van der Waals surface area contributed by atoms with Gasteiger partial charge in [-0.1, -0.05) is 0 Å². The number of hydrogen-bond donors (Lipinski definition) is 1. The van der Waals surface area contributed by atoms with E-state index < -0.39 is 0 Å². The molecule has 3 rings (SSSR count). The Bertz CT molecular complexity index is 510. The van der Waals surface area contributed by atoms with Crippen LogP contribution in [0.1, 0.15) is 30.3 Å². The molecule has 114 valence electrons. The average Bonchev–Trinajstić information content (AvgIpc) is 3.15. The number of urea groups is 1. The molecule has 1 N–H and O–H groups in total. The Balaban J connectivity index is 1.53. The van der Waals surface area contributed by atoms with Crippen molar-refractivity contribution < 1.29 is 14.0 Å². The van der Waals surface area contributed by atoms with Gasteiger partial charge in [0, 0.05) is 32.2 Å². The molecule has 0 spiro atoms. The Morgan fingerprint density at radius 2 is 2.19 bits per heavy atom. The van der Waals surface area contributed by atoms with Crippen molar-refractivity contribution in [2.45, 2.75) is 25.8 Å². The van der Waals surface area contributed by atoms with E-state index in [0.29, 0.717) is 31.3 Å². The van der Waals surface area contributed by atoms with Crippen LogP contribution in [0.5, 0.6) is 0 Å². The number of hydrogen-bond acceptors (Lipinski definition) is 3. The highest BCUT2D eigenvalue weighted by Crippen LogP contribution is 2.27. The zero-order valence-electron chi connectivity index (χ0n) is 12.2. The standard InChI is InChI=1S/C15H21N3O3/c1-11-10-17(14(19)13-3-2-8-21-13)6-7-18(11)15(20)16-9-12-4-5-12/h2-3,8,11-12H,4-7,9-10H2,1H3,(H,16,20)/t11-/m1/s1. The van der Waals surface area contributed by atoms with E-state index in [1.807, 2.05) is 11.8 Å². The van der Waals surface area contributed by atoms with Gasteiger partial charge in [-0.25, -0.2) is 4.79 Å². The van der Waals surface area contributed by atoms with Crippen molar-refractivity contribution in [1.29, 1.82) is 0 Å². The number of piperazine rings is 1. The van der Waals surface area contributed by atoms with E-state index in [4.69, 9.17) is 4.42 Å². The zero-order chi connectivity index (χ0) is 14.8. The second-order valence-corrected chi connectivity index (χ2v) is 5.90. The van der Waals surface area contributed by atoms with Crippen molar-refractivity contribution in [2.75, 3.05) is 26.2 Å². The van der Waals surface area contributed by atoms with Crippen molar-refractivity contribution >= 4 is 11.9 Å². The van der Waals surface area contributed by atoms with Crippen molar-refractivity contribution in [3.63, 3.8) is 0 Å². The Morgan fingerprint density at radius 3 is 2.81 bits per heavy atom. The molecule has 1 saturated heterocycles. The molecular formula is C15H21N3O3. The maximum Gasteiger partial charge on any atom is 0.317 e. The molecule has 3 amide bonds. The zero-order valence-corrected chi connectivity index (χ0v) is 12.2. The topological polar surface area (TPSA) is 65.8 Å². The van der Waals surface area contributed by atoms with Crippen molar-refractivity contribution in [2.24, 2.45) is 5.92 Å². The molecule has 1 atom stereocenters. The van der Waals surface area contributed by atoms with E-state index in [0.717, 1.165) is 6.54 Å². The summed E-state index contributed by atoms with van der Waals surface area (Å²) in [5.41, 5.74) is 0. The molecule has 6 heteroatoms. The van der Waals surface area contributed by atoms with E-state index in [-0.39, 0.29) is 18.0 Å². The van der Waals surface area contributed by atoms with Crippen LogP contribution in [0.3, 0.4) is 0 Å². The fraction of sp³-hybridized carbons (Fsp3) is 0.600. The van der Waals surface area contributed by atoms with E-state index in [1.54, 1.807) is 17.0 Å². The Morgan fingerprint density at radius 1 is 1.38 bits per heavy atom. The quantitative estimate of drug-likeness (QED) is 0.918. The van der Waals surface area contributed by atoms with Crippen LogP contribution in [0.25, 0.3) is 0 Å². The predicted molar refractivity (Wildman–Crippen MR) is 76.9 cm³/mol. The molecule has 2 fully saturated rings. The maximum absolute atomic E-state index is 12.2. The Labute approximate surface area is 124 Å². The summed E-state index contributed by atoms with van der Waals surface area (Å²) >= 11 is 0. The lowest BCUT2D eigenvalue weighted by molar-refractivity contribution is 0.0550. The highest BCUT2D eigenvalue weighted by Gasteiger charge is 2.31. The summed E-state index contributed by atoms with van der Waals surface area (Å²) in [6.45, 7) is 4.39. The molecule has 0 aromatic carbocycles. The summed E-state index contributed by atoms with van der Waals surface area (Å²) in [4.78, 5) is 27.9. The first-order valence-corrected chi connectivity index (χ1v) is 7.52. The summed E-state index contributed by atoms with van der Waals surface area (Å²) < 4.78 is 5.15. The third kappa shape index (κ3) is 3.20. The molecule has 21 heavy (non-hydrogen) atoms. The van der Waals surface area contributed by atoms with Crippen LogP contribution in [0.15, 0.2) is 22.8 Å². The monoisotopic (exact) mass is 291 g/mol. The Hall–Kier alpha value is -1.98. The summed E-state index contributed by atoms with van der Waals surface area (Å²) in [6.07, 6.45) is 3.95. The molecular weight excluding hydrogens is 270 g/mol. The van der Waals surface area contributed by atoms with Gasteiger partial charge in [-0.3, -0.25) is 4.79 Å². The minimum Gasteiger partial charge on any atom is -0.459 e. The first-order valence-electron chi connectivity index (χ1n) is 7.52. The van der Waals surface area contributed by atoms with Crippen LogP contribution in [-0.2, 0) is 0 Å². The SMILES string of the molecule is C[C@@H]1CN(C(=O)c2ccco2)CCN1C(=O)NCC1CC1. The van der Waals surface area contributed by atoms with Gasteiger partial charge in [0.2, 0.25) is 0 Å². The molecule has 0 bridgehead atoms. The maximum atomic E-state index is 12.2. The van der Waals surface area contributed by atoms with Gasteiger partial charge in [-0.15, -0.1) is 0 Å². The minimum absolute atomic E-state index is 0.0110. The van der Waals surface area contributed by atoms with Gasteiger partial charge in [0.05, 0.1) is 6.26 Å². The normalized spacial score (nSPS) is 22.2. The molecule has 1 aromatic rings. The van der Waals surface area contributed by atoms with Gasteiger partial charge in [0.25, 0.3) is 5.91 Å². The summed E-state index contributed by atoms with van der Waals surface area (Å²) in [7, 11) is 0. The number of carbonyl (C=O) groups is 2. The van der Waals surface area contributed by atoms with Gasteiger partial charge in [-0.05, 0) is 37.8 Å². The van der Waals surface area contributed by atoms with E-state index >= 15 is 0 Å². The van der Waals surface area contributed by atoms with Crippen LogP contribution < -0.4 is 5.32 Å². The van der Waals surface area contributed by atoms with Crippen LogP contribution in [0.4, 0.5) is 4.79 Å². The number of carbonyl (C=O) groups excluding carboxylic acids is 2. The van der Waals surface area contributed by atoms with Crippen molar-refractivity contribution in [3.8, 4) is 0 Å². The van der Waals surface area contributed by atoms with Gasteiger partial charge < -0.3 is 19.5 Å². The van der Waals surface area contributed by atoms with Crippen molar-refractivity contribution in [1.82, 2.24) is 15.1 Å². The second-order valence-electron chi connectivity index (χ2n) is 5.90. The minimum atomic E-state index is -0.107. The summed E-state index contributed by atoms with van der Waals surface area (Å²) in [5, 5.41) is 2.98. The van der Waals surface area contributed by atoms with Gasteiger partial charge in [-0.2, -0.15) is 0 Å². The van der Waals surface area contributed by atoms with Crippen LogP contribution in [-0.4, -0.2) is 54.0 Å². The molecule has 1 aliphatic carbocycles. The fourth-order valence-corrected chi connectivity index (χ4v) is 2.66. The number of nitrogens with zero attached hydrogens (tertiary/aromatic N) is 2. The van der Waals surface area contributed by atoms with Gasteiger partial charge in [0.15, 0.2) is 5.76 Å². The van der Waals surface area contributed by atoms with Crippen LogP contribution >= 0.6 is 0 Å². The fourth-order valence-electron chi connectivity index (χ4n) is 2.66. The largest absolute Gasteiger partial charge is 0.459 e. The van der Waals surface area contributed by atoms with Crippen LogP contribution in [0, 0.1) is 5.92 Å². The van der Waals surface area contributed by atoms with Gasteiger partial charge in [0.1, 0.15) is 0 Å². The van der Waals surface area contributed by atoms with Crippen molar-refractivity contribution in [3.05, 3.63) is 24.2 Å². The highest BCUT2D eigenvalue weighted by molar-refractivity contribution is 5.91. The second kappa shape index (κ2) is 5.79. The Kier molecular flexibility index (Phi) is 3.86. The summed E-state index contributed by atoms with van der Waals surface area (Å²) in [5.74, 6) is 0.921. The molecule has 2 aliphatic rings. The number of amides is 3. The lowest BCUT2D eigenvalue weighted by Crippen LogP contribution is -2.57. The van der Waals surface area contributed by atoms with E-state index in [9.17, 15) is 9.59 Å². The van der Waals surface area contributed by atoms with Crippen LogP contribution in [0.2, 0.25) is 0 Å². The number of rotatable bonds is 3. The molecule has 0 radical (unpaired) electrons. The summed E-state index contributed by atoms with van der Waals surface area (Å²) in [6, 6.07) is 3.37. The molecule has 6 nitrogen and oxygen atoms in total. The first kappa shape index (κ1) is 14.0. The first-order chi connectivity index (χ1) is 10.1. The smallest absolute Gasteiger partial charge is 0.317 e.